The Labute approximate surface area is 234 Å². The van der Waals surface area contributed by atoms with Crippen molar-refractivity contribution < 1.29 is 18.3 Å². The second-order valence-electron chi connectivity index (χ2n) is 10.6. The molecule has 0 radical (unpaired) electrons. The average Bonchev–Trinajstić information content (AvgIpc) is 3.36. The molecule has 0 unspecified atom stereocenters. The van der Waals surface area contributed by atoms with E-state index in [1.165, 1.54) is 31.7 Å². The van der Waals surface area contributed by atoms with Crippen LogP contribution in [-0.2, 0) is 4.74 Å². The molecule has 2 atom stereocenters. The van der Waals surface area contributed by atoms with Gasteiger partial charge < -0.3 is 25.3 Å². The van der Waals surface area contributed by atoms with Crippen molar-refractivity contribution in [2.75, 3.05) is 32.1 Å². The first-order valence-electron chi connectivity index (χ1n) is 14.5. The van der Waals surface area contributed by atoms with Gasteiger partial charge in [0.25, 0.3) is 0 Å². The van der Waals surface area contributed by atoms with Crippen LogP contribution in [0.25, 0.3) is 22.4 Å². The third-order valence-electron chi connectivity index (χ3n) is 7.35. The fourth-order valence-electron chi connectivity index (χ4n) is 5.11. The summed E-state index contributed by atoms with van der Waals surface area (Å²) >= 11 is 0. The van der Waals surface area contributed by atoms with Gasteiger partial charge in [0, 0.05) is 56.0 Å². The lowest BCUT2D eigenvalue weighted by atomic mass is 9.91. The number of hydrogen-bond donors (Lipinski definition) is 3. The summed E-state index contributed by atoms with van der Waals surface area (Å²) in [6, 6.07) is 1.16. The highest BCUT2D eigenvalue weighted by Gasteiger charge is 2.25. The minimum absolute atomic E-state index is 0.0207. The predicted molar refractivity (Wildman–Crippen MR) is 152 cm³/mol. The lowest BCUT2D eigenvalue weighted by Crippen LogP contribution is -2.47. The number of nitrogens with one attached hydrogen (secondary N) is 3. The van der Waals surface area contributed by atoms with Gasteiger partial charge in [-0.15, -0.1) is 0 Å². The Hall–Kier alpha value is -3.34. The largest absolute Gasteiger partial charge is 0.381 e. The number of pyridine rings is 1. The Morgan fingerprint density at radius 2 is 1.90 bits per heavy atom. The summed E-state index contributed by atoms with van der Waals surface area (Å²) in [5, 5.41) is 6.85. The molecule has 218 valence electrons. The van der Waals surface area contributed by atoms with Crippen LogP contribution in [-0.4, -0.2) is 69.8 Å². The van der Waals surface area contributed by atoms with E-state index in [-0.39, 0.29) is 29.8 Å². The Balaban J connectivity index is 1.24. The number of aromatic amines is 1. The van der Waals surface area contributed by atoms with Gasteiger partial charge in [0.05, 0.1) is 12.4 Å². The Kier molecular flexibility index (Phi) is 11.0. The number of nitrogens with zero attached hydrogens (tertiary/aromatic N) is 4. The van der Waals surface area contributed by atoms with Crippen LogP contribution in [0.1, 0.15) is 71.1 Å². The third-order valence-corrected chi connectivity index (χ3v) is 7.35. The van der Waals surface area contributed by atoms with E-state index in [0.29, 0.717) is 36.2 Å². The quantitative estimate of drug-likeness (QED) is 0.209. The molecule has 0 aliphatic heterocycles. The van der Waals surface area contributed by atoms with E-state index in [1.54, 1.807) is 18.1 Å². The summed E-state index contributed by atoms with van der Waals surface area (Å²) in [7, 11) is 1.79. The van der Waals surface area contributed by atoms with Crippen molar-refractivity contribution in [3.63, 3.8) is 0 Å². The Morgan fingerprint density at radius 3 is 2.75 bits per heavy atom. The smallest absolute Gasteiger partial charge is 0.317 e. The second-order valence-corrected chi connectivity index (χ2v) is 10.6. The maximum atomic E-state index is 14.7. The van der Waals surface area contributed by atoms with E-state index in [4.69, 9.17) is 4.74 Å². The van der Waals surface area contributed by atoms with Crippen LogP contribution in [0.4, 0.5) is 19.4 Å². The van der Waals surface area contributed by atoms with Crippen molar-refractivity contribution in [1.82, 2.24) is 30.2 Å². The summed E-state index contributed by atoms with van der Waals surface area (Å²) in [6.07, 6.45) is 14.0. The zero-order valence-electron chi connectivity index (χ0n) is 23.5. The van der Waals surface area contributed by atoms with Gasteiger partial charge in [0.1, 0.15) is 11.5 Å². The molecule has 3 heterocycles. The zero-order chi connectivity index (χ0) is 28.3. The molecule has 1 saturated carbocycles. The van der Waals surface area contributed by atoms with Gasteiger partial charge in [0.2, 0.25) is 0 Å². The molecule has 3 aromatic heterocycles. The van der Waals surface area contributed by atoms with Crippen LogP contribution in [0.5, 0.6) is 0 Å². The summed E-state index contributed by atoms with van der Waals surface area (Å²) in [5.41, 5.74) is 1.04. The number of amides is 2. The highest BCUT2D eigenvalue weighted by Crippen LogP contribution is 2.28. The van der Waals surface area contributed by atoms with Gasteiger partial charge in [-0.05, 0) is 44.6 Å². The first-order valence-corrected chi connectivity index (χ1v) is 14.5. The monoisotopic (exact) mass is 557 g/mol. The third kappa shape index (κ3) is 8.33. The Morgan fingerprint density at radius 1 is 1.10 bits per heavy atom. The molecule has 0 aromatic carbocycles. The van der Waals surface area contributed by atoms with Crippen molar-refractivity contribution >= 4 is 22.9 Å². The first kappa shape index (κ1) is 29.6. The van der Waals surface area contributed by atoms with Gasteiger partial charge in [-0.1, -0.05) is 32.6 Å². The van der Waals surface area contributed by atoms with Gasteiger partial charge in [-0.2, -0.15) is 0 Å². The van der Waals surface area contributed by atoms with Crippen LogP contribution in [0.2, 0.25) is 0 Å². The molecule has 0 bridgehead atoms. The van der Waals surface area contributed by atoms with Crippen molar-refractivity contribution in [2.24, 2.45) is 0 Å². The van der Waals surface area contributed by atoms with E-state index in [2.05, 4.69) is 37.5 Å². The molecule has 9 nitrogen and oxygen atoms in total. The average molecular weight is 558 g/mol. The van der Waals surface area contributed by atoms with Crippen molar-refractivity contribution in [3.05, 3.63) is 36.3 Å². The summed E-state index contributed by atoms with van der Waals surface area (Å²) in [6.45, 7) is 4.26. The van der Waals surface area contributed by atoms with E-state index >= 15 is 0 Å². The molecule has 1 fully saturated rings. The number of urea groups is 1. The van der Waals surface area contributed by atoms with Crippen molar-refractivity contribution in [2.45, 2.75) is 83.2 Å². The van der Waals surface area contributed by atoms with Crippen LogP contribution in [0, 0.1) is 11.6 Å². The summed E-state index contributed by atoms with van der Waals surface area (Å²) in [4.78, 5) is 29.9. The molecule has 1 aliphatic rings. The number of H-pyrrole nitrogens is 1. The van der Waals surface area contributed by atoms with Gasteiger partial charge >= 0.3 is 6.03 Å². The van der Waals surface area contributed by atoms with E-state index in [1.807, 2.05) is 0 Å². The fourth-order valence-corrected chi connectivity index (χ4v) is 5.11. The minimum atomic E-state index is -0.568. The van der Waals surface area contributed by atoms with Crippen LogP contribution in [0.3, 0.4) is 0 Å². The molecule has 3 N–H and O–H groups in total. The number of halogens is 2. The molecule has 0 spiro atoms. The molecule has 2 amide bonds. The summed E-state index contributed by atoms with van der Waals surface area (Å²) in [5.74, 6) is -0.688. The topological polar surface area (TPSA) is 108 Å². The maximum absolute atomic E-state index is 14.7. The molecule has 4 rings (SSSR count). The molecular weight excluding hydrogens is 516 g/mol. The van der Waals surface area contributed by atoms with Crippen LogP contribution < -0.4 is 10.6 Å². The number of fused-ring (bicyclic) bond motifs is 1. The highest BCUT2D eigenvalue weighted by molar-refractivity contribution is 5.91. The lowest BCUT2D eigenvalue weighted by molar-refractivity contribution is 0.121. The maximum Gasteiger partial charge on any atom is 0.317 e. The lowest BCUT2D eigenvalue weighted by Gasteiger charge is -2.32. The number of aromatic nitrogens is 4. The van der Waals surface area contributed by atoms with Gasteiger partial charge in [-0.3, -0.25) is 0 Å². The summed E-state index contributed by atoms with van der Waals surface area (Å²) < 4.78 is 34.1. The number of carbonyl (C=O) groups is 1. The molecule has 40 heavy (non-hydrogen) atoms. The standard InChI is InChI=1S/C29H41F2N7O2/c1-3-4-5-6-7-13-40-14-9-12-38(2)29(39)36-22-11-8-10-21(16-22)35-28-25(31)19-34-27(37-28)24-18-33-26-23(24)15-20(30)17-32-26/h15,17-19,21-22H,3-14,16H2,1-2H3,(H,32,33)(H,36,39)(H,34,35,37)/t21-,22+/m1/s1. The van der Waals surface area contributed by atoms with E-state index < -0.39 is 11.6 Å². The zero-order valence-corrected chi connectivity index (χ0v) is 23.5. The highest BCUT2D eigenvalue weighted by atomic mass is 19.1. The molecular formula is C29H41F2N7O2. The number of carbonyl (C=O) groups excluding carboxylic acids is 1. The van der Waals surface area contributed by atoms with Gasteiger partial charge in [0.15, 0.2) is 17.5 Å². The minimum Gasteiger partial charge on any atom is -0.381 e. The molecule has 0 saturated heterocycles. The normalized spacial score (nSPS) is 17.2. The second kappa shape index (κ2) is 14.9. The van der Waals surface area contributed by atoms with Crippen molar-refractivity contribution in [3.8, 4) is 11.4 Å². The molecule has 3 aromatic rings. The Bertz CT molecular complexity index is 1240. The first-order chi connectivity index (χ1) is 19.4. The van der Waals surface area contributed by atoms with E-state index in [0.717, 1.165) is 51.1 Å². The number of unbranched alkanes of at least 4 members (excludes halogenated alkanes) is 4. The number of anilines is 1. The van der Waals surface area contributed by atoms with E-state index in [9.17, 15) is 13.6 Å². The number of rotatable bonds is 14. The molecule has 1 aliphatic carbocycles. The molecule has 11 heteroatoms. The van der Waals surface area contributed by atoms with Crippen LogP contribution in [0.15, 0.2) is 24.7 Å². The number of hydrogen-bond acceptors (Lipinski definition) is 6. The predicted octanol–water partition coefficient (Wildman–Crippen LogP) is 6.04. The SMILES string of the molecule is CCCCCCCOCCCN(C)C(=O)N[C@H]1CCC[C@@H](Nc2nc(-c3c[nH]c4ncc(F)cc34)ncc2F)C1. The fraction of sp³-hybridized carbons (Fsp3) is 0.586. The van der Waals surface area contributed by atoms with Crippen molar-refractivity contribution in [1.29, 1.82) is 0 Å². The van der Waals surface area contributed by atoms with Gasteiger partial charge in [-0.25, -0.2) is 28.5 Å². The number of ether oxygens (including phenoxy) is 1. The van der Waals surface area contributed by atoms with Crippen LogP contribution >= 0.6 is 0 Å².